The van der Waals surface area contributed by atoms with Crippen molar-refractivity contribution in [2.75, 3.05) is 11.9 Å². The average molecular weight is 162 g/mol. The molecule has 0 aliphatic carbocycles. The highest BCUT2D eigenvalue weighted by atomic mass is 79.9. The van der Waals surface area contributed by atoms with Crippen molar-refractivity contribution >= 4 is 15.9 Å². The van der Waals surface area contributed by atoms with E-state index in [0.717, 1.165) is 18.3 Å². The lowest BCUT2D eigenvalue weighted by atomic mass is 10.5. The van der Waals surface area contributed by atoms with Crippen molar-refractivity contribution in [3.8, 4) is 0 Å². The van der Waals surface area contributed by atoms with Crippen molar-refractivity contribution in [3.05, 3.63) is 0 Å². The van der Waals surface area contributed by atoms with E-state index in [-0.39, 0.29) is 6.13 Å². The van der Waals surface area contributed by atoms with E-state index in [1.807, 2.05) is 0 Å². The summed E-state index contributed by atoms with van der Waals surface area (Å²) in [5.41, 5.74) is 5.11. The molecule has 0 rings (SSSR count). The molecule has 1 nitrogen and oxygen atoms in total. The van der Waals surface area contributed by atoms with Crippen LogP contribution in [0.3, 0.4) is 0 Å². The molecule has 3 heteroatoms. The molecule has 0 saturated heterocycles. The molecular weight excluding hydrogens is 149 g/mol. The molecule has 0 aliphatic rings. The van der Waals surface area contributed by atoms with Gasteiger partial charge in [-0.25, -0.2) is 0 Å². The molecule has 0 atom stereocenters. The van der Waals surface area contributed by atoms with Crippen molar-refractivity contribution < 1.29 is 6.13 Å². The van der Waals surface area contributed by atoms with Gasteiger partial charge in [-0.1, -0.05) is 15.9 Å². The molecule has 0 unspecified atom stereocenters. The Morgan fingerprint density at radius 1 is 1.67 bits per heavy atom. The third-order valence-electron chi connectivity index (χ3n) is 0.338. The zero-order valence-electron chi connectivity index (χ0n) is 3.48. The maximum Gasteiger partial charge on any atom is 0.00433 e. The minimum absolute atomic E-state index is 0. The highest BCUT2D eigenvalue weighted by Gasteiger charge is 1.69. The standard InChI is InChI=1S/C3H8BrN.FH.H2/c4-2-1-3-5;;/h1-3,5H2;2*1H/i;;1+2. The van der Waals surface area contributed by atoms with E-state index in [9.17, 15) is 0 Å². The van der Waals surface area contributed by atoms with Crippen LogP contribution in [0.25, 0.3) is 0 Å². The summed E-state index contributed by atoms with van der Waals surface area (Å²) in [6.07, 6.45) is 1.08. The maximum absolute atomic E-state index is 5.11. The number of alkyl halides is 1. The molecule has 0 spiro atoms. The van der Waals surface area contributed by atoms with Gasteiger partial charge in [0, 0.05) is 6.76 Å². The molecule has 0 saturated carbocycles. The topological polar surface area (TPSA) is 26.0 Å². The summed E-state index contributed by atoms with van der Waals surface area (Å²) in [6, 6.07) is 0. The number of hydrogen-bond donors (Lipinski definition) is 1. The van der Waals surface area contributed by atoms with Crippen LogP contribution in [0.15, 0.2) is 0 Å². The molecule has 0 aromatic rings. The van der Waals surface area contributed by atoms with E-state index in [1.54, 1.807) is 0 Å². The van der Waals surface area contributed by atoms with Crippen LogP contribution in [0.2, 0.25) is 0 Å². The summed E-state index contributed by atoms with van der Waals surface area (Å²) >= 11 is 3.23. The highest BCUT2D eigenvalue weighted by Crippen LogP contribution is 1.80. The first kappa shape index (κ1) is 9.62. The summed E-state index contributed by atoms with van der Waals surface area (Å²) in [6.45, 7) is 0.797. The van der Waals surface area contributed by atoms with Gasteiger partial charge in [-0.3, -0.25) is 4.70 Å². The second kappa shape index (κ2) is 9.03. The molecule has 6 heavy (non-hydrogen) atoms. The first-order valence-corrected chi connectivity index (χ1v) is 2.80. The van der Waals surface area contributed by atoms with E-state index in [1.165, 1.54) is 0 Å². The summed E-state index contributed by atoms with van der Waals surface area (Å²) in [5.74, 6) is 0. The average Bonchev–Trinajstić information content (AvgIpc) is 1.41. The zero-order valence-corrected chi connectivity index (χ0v) is 5.07. The quantitative estimate of drug-likeness (QED) is 0.605. The third-order valence-corrected chi connectivity index (χ3v) is 0.898. The lowest BCUT2D eigenvalue weighted by molar-refractivity contribution is 0.949. The van der Waals surface area contributed by atoms with E-state index >= 15 is 0 Å². The third kappa shape index (κ3) is 8.84. The smallest absolute Gasteiger partial charge is 0.00433 e. The molecule has 0 heterocycles. The molecule has 0 radical (unpaired) electrons. The fraction of sp³-hybridized carbons (Fsp3) is 1.00. The van der Waals surface area contributed by atoms with Crippen LogP contribution in [-0.2, 0) is 0 Å². The summed E-state index contributed by atoms with van der Waals surface area (Å²) in [5, 5.41) is 1.03. The van der Waals surface area contributed by atoms with E-state index < -0.39 is 0 Å². The summed E-state index contributed by atoms with van der Waals surface area (Å²) < 4.78 is 0. The van der Waals surface area contributed by atoms with Crippen molar-refractivity contribution in [1.82, 2.24) is 0 Å². The lowest BCUT2D eigenvalue weighted by Gasteiger charge is -1.78. The molecule has 0 aromatic heterocycles. The SMILES string of the molecule is F.NCCCBr.[3HH]. The molecule has 0 fully saturated rings. The summed E-state index contributed by atoms with van der Waals surface area (Å²) in [4.78, 5) is 0. The Morgan fingerprint density at radius 2 is 2.17 bits per heavy atom. The molecular formula is C3H11BrFN. The number of hydrogen-bond acceptors (Lipinski definition) is 1. The predicted molar refractivity (Wildman–Crippen MR) is 32.1 cm³/mol. The van der Waals surface area contributed by atoms with Crippen LogP contribution in [0.4, 0.5) is 4.70 Å². The molecule has 0 aliphatic heterocycles. The van der Waals surface area contributed by atoms with Gasteiger partial charge in [0.1, 0.15) is 0 Å². The van der Waals surface area contributed by atoms with Gasteiger partial charge >= 0.3 is 0 Å². The Kier molecular flexibility index (Phi) is 14.5. The van der Waals surface area contributed by atoms with Gasteiger partial charge in [-0.15, -0.1) is 0 Å². The molecule has 0 bridgehead atoms. The molecule has 42 valence electrons. The molecule has 2 N–H and O–H groups in total. The molecule has 0 aromatic carbocycles. The van der Waals surface area contributed by atoms with Crippen molar-refractivity contribution in [2.24, 2.45) is 5.73 Å². The maximum atomic E-state index is 5.11. The number of nitrogens with two attached hydrogens (primary N) is 1. The minimum atomic E-state index is 0. The van der Waals surface area contributed by atoms with E-state index in [2.05, 4.69) is 15.9 Å². The first-order valence-electron chi connectivity index (χ1n) is 1.68. The lowest BCUT2D eigenvalue weighted by Crippen LogP contribution is -1.97. The summed E-state index contributed by atoms with van der Waals surface area (Å²) in [7, 11) is 0. The van der Waals surface area contributed by atoms with Gasteiger partial charge in [0.15, 0.2) is 0 Å². The van der Waals surface area contributed by atoms with Gasteiger partial charge < -0.3 is 5.73 Å². The second-order valence-electron chi connectivity index (χ2n) is 0.831. The number of rotatable bonds is 2. The predicted octanol–water partition coefficient (Wildman–Crippen LogP) is 1.13. The Balaban J connectivity index is -0.0000000800. The van der Waals surface area contributed by atoms with Gasteiger partial charge in [-0.05, 0) is 13.0 Å². The van der Waals surface area contributed by atoms with E-state index in [0.29, 0.717) is 0 Å². The Hall–Kier alpha value is 0.370. The van der Waals surface area contributed by atoms with Crippen LogP contribution in [-0.4, -0.2) is 11.9 Å². The number of halogens is 2. The largest absolute Gasteiger partial charge is 0.330 e. The van der Waals surface area contributed by atoms with Crippen molar-refractivity contribution in [2.45, 2.75) is 6.42 Å². The van der Waals surface area contributed by atoms with Gasteiger partial charge in [0.05, 0.1) is 0 Å². The fourth-order valence-corrected chi connectivity index (χ4v) is 0.401. The van der Waals surface area contributed by atoms with Crippen LogP contribution < -0.4 is 5.73 Å². The molecule has 0 amide bonds. The monoisotopic (exact) mass is 161 g/mol. The Labute approximate surface area is 46.9 Å². The van der Waals surface area contributed by atoms with Gasteiger partial charge in [0.25, 0.3) is 0 Å². The van der Waals surface area contributed by atoms with Crippen LogP contribution in [0.1, 0.15) is 7.85 Å². The first-order chi connectivity index (χ1) is 2.41. The van der Waals surface area contributed by atoms with Crippen LogP contribution >= 0.6 is 15.9 Å². The van der Waals surface area contributed by atoms with Crippen LogP contribution in [0, 0.1) is 0 Å². The normalized spacial score (nSPS) is 7.00. The van der Waals surface area contributed by atoms with Crippen molar-refractivity contribution in [3.63, 3.8) is 0 Å². The van der Waals surface area contributed by atoms with E-state index in [4.69, 9.17) is 5.73 Å². The van der Waals surface area contributed by atoms with Gasteiger partial charge in [0.2, 0.25) is 0 Å². The highest BCUT2D eigenvalue weighted by molar-refractivity contribution is 9.09. The second-order valence-corrected chi connectivity index (χ2v) is 1.62. The minimum Gasteiger partial charge on any atom is -0.330 e. The van der Waals surface area contributed by atoms with Crippen molar-refractivity contribution in [1.29, 1.82) is 0 Å². The fourth-order valence-electron chi connectivity index (χ4n) is 0.0772. The zero-order chi connectivity index (χ0) is 4.12. The van der Waals surface area contributed by atoms with Crippen LogP contribution in [0.5, 0.6) is 0 Å². The Bertz CT molecular complexity index is 22.4. The Morgan fingerprint density at radius 3 is 2.17 bits per heavy atom. The van der Waals surface area contributed by atoms with Gasteiger partial charge in [-0.2, -0.15) is 0 Å².